The second kappa shape index (κ2) is 6.02. The number of hydrogen-bond acceptors (Lipinski definition) is 3. The van der Waals surface area contributed by atoms with Crippen LogP contribution in [0.2, 0.25) is 0 Å². The molecule has 3 nitrogen and oxygen atoms in total. The quantitative estimate of drug-likeness (QED) is 0.700. The minimum absolute atomic E-state index is 0.335. The minimum atomic E-state index is 0.335. The molecule has 108 valence electrons. The summed E-state index contributed by atoms with van der Waals surface area (Å²) in [6, 6.07) is 16.8. The molecule has 21 heavy (non-hydrogen) atoms. The SMILES string of the molecule is CC(Cc1ccco1)NCc1cc2ccccc2cc1N. The van der Waals surface area contributed by atoms with Gasteiger partial charge in [0.2, 0.25) is 0 Å². The van der Waals surface area contributed by atoms with E-state index in [1.807, 2.05) is 24.3 Å². The Labute approximate surface area is 124 Å². The Bertz CT molecular complexity index is 719. The molecule has 2 aromatic carbocycles. The second-order valence-electron chi connectivity index (χ2n) is 5.46. The Morgan fingerprint density at radius 2 is 1.86 bits per heavy atom. The van der Waals surface area contributed by atoms with E-state index in [-0.39, 0.29) is 0 Å². The molecule has 1 atom stereocenters. The summed E-state index contributed by atoms with van der Waals surface area (Å²) in [5.74, 6) is 1.00. The molecular formula is C18H20N2O. The van der Waals surface area contributed by atoms with Gasteiger partial charge in [0.25, 0.3) is 0 Å². The molecule has 1 unspecified atom stereocenters. The van der Waals surface area contributed by atoms with E-state index < -0.39 is 0 Å². The van der Waals surface area contributed by atoms with Crippen molar-refractivity contribution in [3.63, 3.8) is 0 Å². The summed E-state index contributed by atoms with van der Waals surface area (Å²) in [6.45, 7) is 2.91. The molecule has 0 aliphatic heterocycles. The highest BCUT2D eigenvalue weighted by atomic mass is 16.3. The van der Waals surface area contributed by atoms with Crippen molar-refractivity contribution >= 4 is 16.5 Å². The maximum absolute atomic E-state index is 6.15. The number of hydrogen-bond donors (Lipinski definition) is 2. The van der Waals surface area contributed by atoms with E-state index in [0.717, 1.165) is 30.0 Å². The lowest BCUT2D eigenvalue weighted by Gasteiger charge is -2.14. The molecule has 0 fully saturated rings. The van der Waals surface area contributed by atoms with E-state index in [2.05, 4.69) is 36.5 Å². The normalized spacial score (nSPS) is 12.6. The van der Waals surface area contributed by atoms with Gasteiger partial charge in [0.05, 0.1) is 6.26 Å². The lowest BCUT2D eigenvalue weighted by atomic mass is 10.0. The third kappa shape index (κ3) is 3.26. The van der Waals surface area contributed by atoms with Crippen molar-refractivity contribution < 1.29 is 4.42 Å². The van der Waals surface area contributed by atoms with Crippen LogP contribution >= 0.6 is 0 Å². The van der Waals surface area contributed by atoms with E-state index in [4.69, 9.17) is 10.2 Å². The number of nitrogens with two attached hydrogens (primary N) is 1. The Morgan fingerprint density at radius 3 is 2.57 bits per heavy atom. The number of nitrogen functional groups attached to an aromatic ring is 1. The zero-order chi connectivity index (χ0) is 14.7. The van der Waals surface area contributed by atoms with Gasteiger partial charge in [-0.15, -0.1) is 0 Å². The third-order valence-corrected chi connectivity index (χ3v) is 3.74. The Morgan fingerprint density at radius 1 is 1.10 bits per heavy atom. The van der Waals surface area contributed by atoms with Gasteiger partial charge in [-0.3, -0.25) is 0 Å². The maximum atomic E-state index is 6.15. The lowest BCUT2D eigenvalue weighted by molar-refractivity contribution is 0.456. The predicted octanol–water partition coefficient (Wildman–Crippen LogP) is 3.74. The number of furan rings is 1. The van der Waals surface area contributed by atoms with Crippen molar-refractivity contribution in [3.05, 3.63) is 66.1 Å². The summed E-state index contributed by atoms with van der Waals surface area (Å²) in [7, 11) is 0. The van der Waals surface area contributed by atoms with Crippen LogP contribution in [0, 0.1) is 0 Å². The number of benzene rings is 2. The number of fused-ring (bicyclic) bond motifs is 1. The van der Waals surface area contributed by atoms with Gasteiger partial charge >= 0.3 is 0 Å². The highest BCUT2D eigenvalue weighted by Crippen LogP contribution is 2.22. The second-order valence-corrected chi connectivity index (χ2v) is 5.46. The molecular weight excluding hydrogens is 260 g/mol. The molecule has 0 radical (unpaired) electrons. The van der Waals surface area contributed by atoms with Crippen LogP contribution in [0.3, 0.4) is 0 Å². The maximum Gasteiger partial charge on any atom is 0.105 e. The van der Waals surface area contributed by atoms with E-state index in [1.165, 1.54) is 10.8 Å². The molecule has 3 aromatic rings. The fourth-order valence-electron chi connectivity index (χ4n) is 2.55. The summed E-state index contributed by atoms with van der Waals surface area (Å²) < 4.78 is 5.37. The van der Waals surface area contributed by atoms with Crippen LogP contribution in [0.1, 0.15) is 18.2 Å². The standard InChI is InChI=1S/C18H20N2O/c1-13(9-17-7-4-8-21-17)20-12-16-10-14-5-2-3-6-15(14)11-18(16)19/h2-8,10-11,13,20H,9,12,19H2,1H3. The van der Waals surface area contributed by atoms with Crippen molar-refractivity contribution in [1.29, 1.82) is 0 Å². The molecule has 0 bridgehead atoms. The van der Waals surface area contributed by atoms with Crippen LogP contribution in [0.25, 0.3) is 10.8 Å². The van der Waals surface area contributed by atoms with Crippen molar-refractivity contribution in [2.24, 2.45) is 0 Å². The molecule has 3 heteroatoms. The topological polar surface area (TPSA) is 51.2 Å². The van der Waals surface area contributed by atoms with Gasteiger partial charge in [-0.05, 0) is 47.5 Å². The average molecular weight is 280 g/mol. The van der Waals surface area contributed by atoms with E-state index in [1.54, 1.807) is 6.26 Å². The number of anilines is 1. The minimum Gasteiger partial charge on any atom is -0.469 e. The van der Waals surface area contributed by atoms with Gasteiger partial charge in [-0.2, -0.15) is 0 Å². The van der Waals surface area contributed by atoms with Gasteiger partial charge in [-0.25, -0.2) is 0 Å². The van der Waals surface area contributed by atoms with Crippen molar-refractivity contribution in [1.82, 2.24) is 5.32 Å². The molecule has 0 aliphatic rings. The first-order chi connectivity index (χ1) is 10.2. The van der Waals surface area contributed by atoms with Crippen molar-refractivity contribution in [2.75, 3.05) is 5.73 Å². The molecule has 0 aliphatic carbocycles. The summed E-state index contributed by atoms with van der Waals surface area (Å²) in [5, 5.41) is 5.91. The molecule has 0 amide bonds. The Kier molecular flexibility index (Phi) is 3.93. The number of nitrogens with one attached hydrogen (secondary N) is 1. The fourth-order valence-corrected chi connectivity index (χ4v) is 2.55. The van der Waals surface area contributed by atoms with Crippen LogP contribution in [0.5, 0.6) is 0 Å². The van der Waals surface area contributed by atoms with Crippen molar-refractivity contribution in [2.45, 2.75) is 25.9 Å². The fraction of sp³-hybridized carbons (Fsp3) is 0.222. The number of rotatable bonds is 5. The summed E-state index contributed by atoms with van der Waals surface area (Å²) >= 11 is 0. The van der Waals surface area contributed by atoms with Crippen LogP contribution in [-0.4, -0.2) is 6.04 Å². The van der Waals surface area contributed by atoms with Crippen LogP contribution in [0.15, 0.2) is 59.2 Å². The predicted molar refractivity (Wildman–Crippen MR) is 87.1 cm³/mol. The monoisotopic (exact) mass is 280 g/mol. The van der Waals surface area contributed by atoms with Gasteiger partial charge < -0.3 is 15.5 Å². The van der Waals surface area contributed by atoms with Gasteiger partial charge in [0.15, 0.2) is 0 Å². The van der Waals surface area contributed by atoms with Crippen LogP contribution < -0.4 is 11.1 Å². The third-order valence-electron chi connectivity index (χ3n) is 3.74. The summed E-state index contributed by atoms with van der Waals surface area (Å²) in [5.41, 5.74) is 8.13. The molecule has 0 saturated carbocycles. The highest BCUT2D eigenvalue weighted by molar-refractivity contribution is 5.86. The molecule has 3 rings (SSSR count). The van der Waals surface area contributed by atoms with Gasteiger partial charge in [0, 0.05) is 24.7 Å². The largest absolute Gasteiger partial charge is 0.469 e. The lowest BCUT2D eigenvalue weighted by Crippen LogP contribution is -2.27. The molecule has 1 heterocycles. The van der Waals surface area contributed by atoms with Gasteiger partial charge in [-0.1, -0.05) is 24.3 Å². The Hall–Kier alpha value is -2.26. The smallest absolute Gasteiger partial charge is 0.105 e. The zero-order valence-electron chi connectivity index (χ0n) is 12.2. The summed E-state index contributed by atoms with van der Waals surface area (Å²) in [4.78, 5) is 0. The highest BCUT2D eigenvalue weighted by Gasteiger charge is 2.07. The van der Waals surface area contributed by atoms with E-state index in [9.17, 15) is 0 Å². The van der Waals surface area contributed by atoms with E-state index in [0.29, 0.717) is 6.04 Å². The van der Waals surface area contributed by atoms with Gasteiger partial charge in [0.1, 0.15) is 5.76 Å². The van der Waals surface area contributed by atoms with E-state index >= 15 is 0 Å². The molecule has 0 saturated heterocycles. The molecule has 3 N–H and O–H groups in total. The zero-order valence-corrected chi connectivity index (χ0v) is 12.2. The van der Waals surface area contributed by atoms with Crippen molar-refractivity contribution in [3.8, 4) is 0 Å². The van der Waals surface area contributed by atoms with Crippen LogP contribution in [-0.2, 0) is 13.0 Å². The molecule has 1 aromatic heterocycles. The summed E-state index contributed by atoms with van der Waals surface area (Å²) in [6.07, 6.45) is 2.59. The average Bonchev–Trinajstić information content (AvgIpc) is 2.98. The first-order valence-electron chi connectivity index (χ1n) is 7.25. The molecule has 0 spiro atoms. The first-order valence-corrected chi connectivity index (χ1v) is 7.25. The van der Waals surface area contributed by atoms with Crippen LogP contribution in [0.4, 0.5) is 5.69 Å². The first kappa shape index (κ1) is 13.7. The Balaban J connectivity index is 1.68.